The minimum absolute atomic E-state index is 0.139. The summed E-state index contributed by atoms with van der Waals surface area (Å²) in [5.41, 5.74) is 2.97. The highest BCUT2D eigenvalue weighted by atomic mass is 19.1. The summed E-state index contributed by atoms with van der Waals surface area (Å²) < 4.78 is 25.7. The maximum absolute atomic E-state index is 14.9. The van der Waals surface area contributed by atoms with E-state index in [1.807, 2.05) is 17.0 Å². The van der Waals surface area contributed by atoms with Gasteiger partial charge in [-0.2, -0.15) is 0 Å². The van der Waals surface area contributed by atoms with Crippen LogP contribution in [0.1, 0.15) is 11.3 Å². The maximum atomic E-state index is 14.9. The van der Waals surface area contributed by atoms with Crippen molar-refractivity contribution in [2.24, 2.45) is 0 Å². The quantitative estimate of drug-likeness (QED) is 0.643. The first-order chi connectivity index (χ1) is 14.7. The number of ether oxygens (including phenoxy) is 2. The zero-order valence-electron chi connectivity index (χ0n) is 15.9. The molecule has 0 saturated carbocycles. The Bertz CT molecular complexity index is 1060. The Morgan fingerprint density at radius 3 is 2.90 bits per heavy atom. The van der Waals surface area contributed by atoms with Crippen molar-refractivity contribution in [3.63, 3.8) is 0 Å². The smallest absolute Gasteiger partial charge is 0.414 e. The molecule has 0 bridgehead atoms. The van der Waals surface area contributed by atoms with Crippen LogP contribution in [0.15, 0.2) is 55.1 Å². The average molecular weight is 407 g/mol. The number of nitrogens with zero attached hydrogens (tertiary/aromatic N) is 5. The molecule has 0 aliphatic carbocycles. The van der Waals surface area contributed by atoms with Gasteiger partial charge in [0.15, 0.2) is 6.10 Å². The molecule has 2 aromatic heterocycles. The van der Waals surface area contributed by atoms with E-state index in [0.717, 1.165) is 11.3 Å². The van der Waals surface area contributed by atoms with Crippen LogP contribution < -0.4 is 14.5 Å². The summed E-state index contributed by atoms with van der Waals surface area (Å²) in [5, 5.41) is 0. The molecule has 1 saturated heterocycles. The third kappa shape index (κ3) is 3.49. The molecule has 5 rings (SSSR count). The summed E-state index contributed by atoms with van der Waals surface area (Å²) >= 11 is 0. The number of hydrogen-bond acceptors (Lipinski definition) is 7. The Hall–Kier alpha value is -3.75. The van der Waals surface area contributed by atoms with Crippen LogP contribution >= 0.6 is 0 Å². The lowest BCUT2D eigenvalue weighted by atomic mass is 10.2. The van der Waals surface area contributed by atoms with E-state index in [4.69, 9.17) is 9.47 Å². The Balaban J connectivity index is 1.26. The highest BCUT2D eigenvalue weighted by Crippen LogP contribution is 2.32. The van der Waals surface area contributed by atoms with Crippen LogP contribution in [0, 0.1) is 5.82 Å². The Labute approximate surface area is 171 Å². The van der Waals surface area contributed by atoms with Crippen molar-refractivity contribution >= 4 is 17.5 Å². The van der Waals surface area contributed by atoms with E-state index < -0.39 is 18.0 Å². The van der Waals surface area contributed by atoms with Crippen LogP contribution in [0.2, 0.25) is 0 Å². The number of cyclic esters (lactones) is 1. The number of halogens is 1. The number of aromatic nitrogens is 3. The molecule has 9 heteroatoms. The number of benzene rings is 1. The summed E-state index contributed by atoms with van der Waals surface area (Å²) in [7, 11) is 0. The highest BCUT2D eigenvalue weighted by molar-refractivity contribution is 5.90. The molecule has 152 valence electrons. The van der Waals surface area contributed by atoms with Gasteiger partial charge >= 0.3 is 6.09 Å². The van der Waals surface area contributed by atoms with Crippen molar-refractivity contribution in [3.8, 4) is 5.88 Å². The predicted octanol–water partition coefficient (Wildman–Crippen LogP) is 2.94. The monoisotopic (exact) mass is 407 g/mol. The second-order valence-electron chi connectivity index (χ2n) is 7.07. The molecule has 0 spiro atoms. The van der Waals surface area contributed by atoms with Crippen molar-refractivity contribution in [1.82, 2.24) is 15.0 Å². The van der Waals surface area contributed by atoms with E-state index in [-0.39, 0.29) is 13.2 Å². The van der Waals surface area contributed by atoms with E-state index >= 15 is 0 Å². The molecule has 8 nitrogen and oxygen atoms in total. The lowest BCUT2D eigenvalue weighted by molar-refractivity contribution is 0.103. The number of pyridine rings is 1. The highest BCUT2D eigenvalue weighted by Gasteiger charge is 2.33. The molecule has 1 aromatic carbocycles. The third-order valence-corrected chi connectivity index (χ3v) is 5.10. The standard InChI is InChI=1S/C21H18FN5O3/c22-17-8-15(3-4-19(17)26-10-14-2-1-5-24-18(14)12-26)27-11-16(30-21(27)28)13-29-20-9-23-6-7-25-20/h1-9,16H,10-13H2/t16-/m1/s1. The van der Waals surface area contributed by atoms with Crippen molar-refractivity contribution in [3.05, 3.63) is 72.2 Å². The number of carbonyl (C=O) groups is 1. The van der Waals surface area contributed by atoms with Crippen LogP contribution in [0.25, 0.3) is 0 Å². The van der Waals surface area contributed by atoms with Crippen molar-refractivity contribution < 1.29 is 18.7 Å². The van der Waals surface area contributed by atoms with E-state index in [1.54, 1.807) is 24.5 Å². The zero-order chi connectivity index (χ0) is 20.5. The van der Waals surface area contributed by atoms with E-state index in [9.17, 15) is 9.18 Å². The van der Waals surface area contributed by atoms with Gasteiger partial charge in [-0.3, -0.25) is 14.9 Å². The fourth-order valence-corrected chi connectivity index (χ4v) is 3.65. The summed E-state index contributed by atoms with van der Waals surface area (Å²) in [5.74, 6) is -0.0455. The maximum Gasteiger partial charge on any atom is 0.414 e. The van der Waals surface area contributed by atoms with Gasteiger partial charge in [-0.1, -0.05) is 6.07 Å². The van der Waals surface area contributed by atoms with Gasteiger partial charge in [0.05, 0.1) is 36.4 Å². The molecule has 3 aromatic rings. The summed E-state index contributed by atoms with van der Waals surface area (Å²) in [6.07, 6.45) is 5.26. The van der Waals surface area contributed by atoms with Gasteiger partial charge in [-0.05, 0) is 29.8 Å². The lowest BCUT2D eigenvalue weighted by Gasteiger charge is -2.20. The Morgan fingerprint density at radius 2 is 2.10 bits per heavy atom. The minimum Gasteiger partial charge on any atom is -0.473 e. The van der Waals surface area contributed by atoms with Gasteiger partial charge in [0.2, 0.25) is 5.88 Å². The first-order valence-electron chi connectivity index (χ1n) is 9.51. The number of rotatable bonds is 5. The molecule has 1 fully saturated rings. The molecule has 2 aliphatic rings. The van der Waals surface area contributed by atoms with Gasteiger partial charge in [0.1, 0.15) is 12.4 Å². The van der Waals surface area contributed by atoms with Gasteiger partial charge < -0.3 is 14.4 Å². The molecule has 1 amide bonds. The van der Waals surface area contributed by atoms with E-state index in [1.165, 1.54) is 23.4 Å². The molecule has 4 heterocycles. The van der Waals surface area contributed by atoms with Crippen LogP contribution in [0.3, 0.4) is 0 Å². The Morgan fingerprint density at radius 1 is 1.17 bits per heavy atom. The van der Waals surface area contributed by atoms with Crippen LogP contribution in [-0.2, 0) is 17.8 Å². The van der Waals surface area contributed by atoms with Crippen LogP contribution in [0.5, 0.6) is 5.88 Å². The number of carbonyl (C=O) groups excluding carboxylic acids is 1. The topological polar surface area (TPSA) is 80.7 Å². The summed E-state index contributed by atoms with van der Waals surface area (Å²) in [4.78, 5) is 27.9. The predicted molar refractivity (Wildman–Crippen MR) is 106 cm³/mol. The lowest BCUT2D eigenvalue weighted by Crippen LogP contribution is -2.27. The second-order valence-corrected chi connectivity index (χ2v) is 7.07. The van der Waals surface area contributed by atoms with Crippen LogP contribution in [-0.4, -0.2) is 40.3 Å². The van der Waals surface area contributed by atoms with E-state index in [2.05, 4.69) is 15.0 Å². The van der Waals surface area contributed by atoms with E-state index in [0.29, 0.717) is 30.3 Å². The fraction of sp³-hybridized carbons (Fsp3) is 0.238. The van der Waals surface area contributed by atoms with Crippen molar-refractivity contribution in [2.75, 3.05) is 23.0 Å². The molecule has 0 N–H and O–H groups in total. The van der Waals surface area contributed by atoms with Gasteiger partial charge in [0, 0.05) is 25.1 Å². The minimum atomic E-state index is -0.535. The number of anilines is 2. The third-order valence-electron chi connectivity index (χ3n) is 5.10. The first kappa shape index (κ1) is 18.3. The molecule has 30 heavy (non-hydrogen) atoms. The normalized spacial score (nSPS) is 17.8. The first-order valence-corrected chi connectivity index (χ1v) is 9.51. The molecule has 0 unspecified atom stereocenters. The molecule has 0 radical (unpaired) electrons. The largest absolute Gasteiger partial charge is 0.473 e. The van der Waals surface area contributed by atoms with Gasteiger partial charge in [-0.15, -0.1) is 0 Å². The number of fused-ring (bicyclic) bond motifs is 1. The zero-order valence-corrected chi connectivity index (χ0v) is 15.9. The van der Waals surface area contributed by atoms with Crippen molar-refractivity contribution in [1.29, 1.82) is 0 Å². The van der Waals surface area contributed by atoms with Gasteiger partial charge in [0.25, 0.3) is 0 Å². The van der Waals surface area contributed by atoms with Crippen molar-refractivity contribution in [2.45, 2.75) is 19.2 Å². The summed E-state index contributed by atoms with van der Waals surface area (Å²) in [6, 6.07) is 8.65. The SMILES string of the molecule is O=C1O[C@@H](COc2cnccn2)CN1c1ccc(N2Cc3cccnc3C2)c(F)c1. The second kappa shape index (κ2) is 7.58. The molecular weight excluding hydrogens is 389 g/mol. The Kier molecular flexibility index (Phi) is 4.62. The molecule has 2 aliphatic heterocycles. The number of amides is 1. The summed E-state index contributed by atoms with van der Waals surface area (Å²) in [6.45, 7) is 1.56. The van der Waals surface area contributed by atoms with Crippen LogP contribution in [0.4, 0.5) is 20.6 Å². The fourth-order valence-electron chi connectivity index (χ4n) is 3.65. The average Bonchev–Trinajstić information content (AvgIpc) is 3.36. The van der Waals surface area contributed by atoms with Gasteiger partial charge in [-0.25, -0.2) is 14.2 Å². The molecular formula is C21H18FN5O3. The molecule has 1 atom stereocenters. The number of hydrogen-bond donors (Lipinski definition) is 0.